The van der Waals surface area contributed by atoms with Crippen LogP contribution >= 0.6 is 0 Å². The van der Waals surface area contributed by atoms with Crippen LogP contribution in [0.1, 0.15) is 6.92 Å². The molecule has 4 nitrogen and oxygen atoms in total. The standard InChI is InChI=1S/C8H8BNO.2H2O/c1-6(11)10-8-5-3-2-4-7(8)9;;/h2-5H,1H3,(H,10,11);2*1H2/q+2;;/p-2. The first-order valence-corrected chi connectivity index (χ1v) is 3.32. The molecule has 1 rings (SSSR count). The Kier molecular flexibility index (Phi) is 6.80. The van der Waals surface area contributed by atoms with E-state index < -0.39 is 0 Å². The molecule has 0 radical (unpaired) electrons. The van der Waals surface area contributed by atoms with Gasteiger partial charge in [-0.1, -0.05) is 0 Å². The smallest absolute Gasteiger partial charge is 0.870 e. The second kappa shape index (κ2) is 6.22. The number of benzene rings is 1. The molecule has 1 aromatic carbocycles. The van der Waals surface area contributed by atoms with Crippen molar-refractivity contribution in [1.82, 2.24) is 0 Å². The largest absolute Gasteiger partial charge is 0.870 e. The number of anilines is 1. The molecule has 5 heteroatoms. The summed E-state index contributed by atoms with van der Waals surface area (Å²) in [6, 6.07) is 7.14. The van der Waals surface area contributed by atoms with Crippen LogP contribution in [0.4, 0.5) is 5.69 Å². The molecule has 1 aromatic rings. The fraction of sp³-hybridized carbons (Fsp3) is 0.125. The van der Waals surface area contributed by atoms with E-state index in [9.17, 15) is 4.79 Å². The van der Waals surface area contributed by atoms with Gasteiger partial charge in [-0.15, -0.1) is 0 Å². The minimum atomic E-state index is -0.108. The van der Waals surface area contributed by atoms with E-state index in [0.29, 0.717) is 11.2 Å². The van der Waals surface area contributed by atoms with Crippen LogP contribution in [0.2, 0.25) is 0 Å². The number of rotatable bonds is 1. The van der Waals surface area contributed by atoms with Crippen LogP contribution in [0.25, 0.3) is 0 Å². The van der Waals surface area contributed by atoms with Crippen LogP contribution in [-0.2, 0) is 4.79 Å². The number of para-hydroxylation sites is 1. The van der Waals surface area contributed by atoms with Gasteiger partial charge in [0, 0.05) is 0 Å². The first-order chi connectivity index (χ1) is 5.20. The molecule has 0 unspecified atom stereocenters. The minimum Gasteiger partial charge on any atom is -0.870 e. The van der Waals surface area contributed by atoms with Crippen LogP contribution in [0.3, 0.4) is 0 Å². The van der Waals surface area contributed by atoms with Gasteiger partial charge in [-0.05, 0) is 0 Å². The maximum atomic E-state index is 10.6. The van der Waals surface area contributed by atoms with Crippen LogP contribution < -0.4 is 10.8 Å². The molecule has 0 fully saturated rings. The van der Waals surface area contributed by atoms with Gasteiger partial charge in [0.1, 0.15) is 0 Å². The summed E-state index contributed by atoms with van der Waals surface area (Å²) in [5.74, 6) is -0.108. The molecule has 0 bridgehead atoms. The number of carbonyl (C=O) groups is 1. The number of nitrogens with one attached hydrogen (secondary N) is 1. The van der Waals surface area contributed by atoms with Gasteiger partial charge in [-0.2, -0.15) is 0 Å². The number of hydrogen-bond acceptors (Lipinski definition) is 3. The van der Waals surface area contributed by atoms with Crippen molar-refractivity contribution in [3.8, 4) is 0 Å². The van der Waals surface area contributed by atoms with Crippen molar-refractivity contribution in [3.05, 3.63) is 24.3 Å². The Morgan fingerprint density at radius 1 is 1.31 bits per heavy atom. The minimum absolute atomic E-state index is 0. The summed E-state index contributed by atoms with van der Waals surface area (Å²) in [5, 5.41) is 2.61. The van der Waals surface area contributed by atoms with E-state index in [1.807, 2.05) is 12.1 Å². The van der Waals surface area contributed by atoms with Gasteiger partial charge in [-0.25, -0.2) is 0 Å². The van der Waals surface area contributed by atoms with Crippen LogP contribution in [0.5, 0.6) is 0 Å². The van der Waals surface area contributed by atoms with Crippen molar-refractivity contribution in [3.63, 3.8) is 0 Å². The number of hydrogen-bond donors (Lipinski definition) is 1. The fourth-order valence-corrected chi connectivity index (χ4v) is 0.800. The summed E-state index contributed by atoms with van der Waals surface area (Å²) in [7, 11) is 5.55. The van der Waals surface area contributed by atoms with Crippen molar-refractivity contribution in [1.29, 1.82) is 0 Å². The van der Waals surface area contributed by atoms with Gasteiger partial charge in [0.25, 0.3) is 0 Å². The maximum absolute atomic E-state index is 10.6. The molecule has 0 aliphatic carbocycles. The molecule has 0 saturated heterocycles. The second-order valence-electron chi connectivity index (χ2n) is 2.27. The Labute approximate surface area is 78.0 Å². The van der Waals surface area contributed by atoms with Gasteiger partial charge >= 0.3 is 66.2 Å². The molecule has 0 aliphatic heterocycles. The summed E-state index contributed by atoms with van der Waals surface area (Å²) in [4.78, 5) is 10.6. The van der Waals surface area contributed by atoms with E-state index in [2.05, 4.69) is 5.32 Å². The Hall–Kier alpha value is -1.33. The van der Waals surface area contributed by atoms with E-state index in [-0.39, 0.29) is 16.9 Å². The van der Waals surface area contributed by atoms with Crippen molar-refractivity contribution in [2.75, 3.05) is 5.32 Å². The summed E-state index contributed by atoms with van der Waals surface area (Å²) >= 11 is 0. The average molecular weight is 179 g/mol. The normalized spacial score (nSPS) is 7.92. The third-order valence-electron chi connectivity index (χ3n) is 1.27. The number of carbonyl (C=O) groups excluding carboxylic acids is 1. The topological polar surface area (TPSA) is 89.1 Å². The Bertz CT molecular complexity index is 278. The van der Waals surface area contributed by atoms with E-state index in [1.165, 1.54) is 6.92 Å². The van der Waals surface area contributed by atoms with Gasteiger partial charge in [0.15, 0.2) is 0 Å². The molecular formula is C8H10BNO3. The van der Waals surface area contributed by atoms with E-state index in [1.54, 1.807) is 12.1 Å². The monoisotopic (exact) mass is 179 g/mol. The molecular weight excluding hydrogens is 169 g/mol. The summed E-state index contributed by atoms with van der Waals surface area (Å²) < 4.78 is 0. The first kappa shape index (κ1) is 14.2. The second-order valence-corrected chi connectivity index (χ2v) is 2.27. The van der Waals surface area contributed by atoms with Gasteiger partial charge in [0.05, 0.1) is 0 Å². The molecule has 1 amide bonds. The zero-order chi connectivity index (χ0) is 8.27. The molecule has 0 spiro atoms. The van der Waals surface area contributed by atoms with Crippen molar-refractivity contribution in [2.24, 2.45) is 0 Å². The zero-order valence-electron chi connectivity index (χ0n) is 7.19. The molecule has 0 saturated carbocycles. The van der Waals surface area contributed by atoms with Gasteiger partial charge in [-0.3, -0.25) is 0 Å². The number of amides is 1. The average Bonchev–Trinajstić information content (AvgIpc) is 1.93. The van der Waals surface area contributed by atoms with E-state index in [4.69, 9.17) is 7.85 Å². The van der Waals surface area contributed by atoms with Crippen molar-refractivity contribution >= 4 is 24.9 Å². The molecule has 0 atom stereocenters. The van der Waals surface area contributed by atoms with Crippen molar-refractivity contribution < 1.29 is 15.7 Å². The van der Waals surface area contributed by atoms with Gasteiger partial charge < -0.3 is 11.0 Å². The Balaban J connectivity index is 0. The van der Waals surface area contributed by atoms with Crippen molar-refractivity contribution in [2.45, 2.75) is 6.92 Å². The molecule has 0 aliphatic rings. The van der Waals surface area contributed by atoms with E-state index in [0.717, 1.165) is 0 Å². The Morgan fingerprint density at radius 3 is 2.31 bits per heavy atom. The SMILES string of the molecule is [B+2]c1ccccc1NC(C)=O.[OH-].[OH-]. The predicted octanol–water partition coefficient (Wildman–Crippen LogP) is 0.0852. The first-order valence-electron chi connectivity index (χ1n) is 3.32. The third kappa shape index (κ3) is 4.30. The Morgan fingerprint density at radius 2 is 1.85 bits per heavy atom. The summed E-state index contributed by atoms with van der Waals surface area (Å²) in [5.41, 5.74) is 1.25. The van der Waals surface area contributed by atoms with Crippen LogP contribution in [0.15, 0.2) is 24.3 Å². The molecule has 68 valence electrons. The van der Waals surface area contributed by atoms with Crippen LogP contribution in [-0.4, -0.2) is 24.7 Å². The predicted molar refractivity (Wildman–Crippen MR) is 50.0 cm³/mol. The van der Waals surface area contributed by atoms with E-state index >= 15 is 0 Å². The molecule has 0 aromatic heterocycles. The van der Waals surface area contributed by atoms with Crippen LogP contribution in [0, 0.1) is 0 Å². The summed E-state index contributed by atoms with van der Waals surface area (Å²) in [6.07, 6.45) is 0. The molecule has 3 N–H and O–H groups in total. The molecule has 13 heavy (non-hydrogen) atoms. The van der Waals surface area contributed by atoms with Gasteiger partial charge in [0.2, 0.25) is 0 Å². The third-order valence-corrected chi connectivity index (χ3v) is 1.27. The molecule has 0 heterocycles. The fourth-order valence-electron chi connectivity index (χ4n) is 0.800. The zero-order valence-corrected chi connectivity index (χ0v) is 7.19. The quantitative estimate of drug-likeness (QED) is 0.619. The summed E-state index contributed by atoms with van der Waals surface area (Å²) in [6.45, 7) is 1.45. The maximum Gasteiger partial charge on any atom is -0.870 e.